The molecular formula is C17H20N4O2S3. The molecule has 0 aliphatic carbocycles. The van der Waals surface area contributed by atoms with Crippen LogP contribution in [-0.4, -0.2) is 46.5 Å². The van der Waals surface area contributed by atoms with E-state index in [1.54, 1.807) is 39.8 Å². The second kappa shape index (κ2) is 9.26. The van der Waals surface area contributed by atoms with Crippen LogP contribution in [0.15, 0.2) is 32.9 Å². The van der Waals surface area contributed by atoms with E-state index in [9.17, 15) is 4.79 Å². The van der Waals surface area contributed by atoms with Crippen LogP contribution < -0.4 is 4.74 Å². The predicted molar refractivity (Wildman–Crippen MR) is 106 cm³/mol. The monoisotopic (exact) mass is 408 g/mol. The summed E-state index contributed by atoms with van der Waals surface area (Å²) in [5.74, 6) is 1.76. The van der Waals surface area contributed by atoms with E-state index in [2.05, 4.69) is 16.3 Å². The van der Waals surface area contributed by atoms with Crippen molar-refractivity contribution in [1.29, 1.82) is 5.26 Å². The molecule has 9 heteroatoms. The molecule has 1 amide bonds. The van der Waals surface area contributed by atoms with Gasteiger partial charge in [0.1, 0.15) is 11.3 Å². The number of nitrogens with zero attached hydrogens (tertiary/aromatic N) is 4. The van der Waals surface area contributed by atoms with Crippen LogP contribution in [0.4, 0.5) is 0 Å². The van der Waals surface area contributed by atoms with E-state index in [0.717, 1.165) is 20.2 Å². The molecule has 0 bridgehead atoms. The normalized spacial score (nSPS) is 11.0. The zero-order chi connectivity index (χ0) is 19.2. The minimum Gasteiger partial charge on any atom is -0.497 e. The van der Waals surface area contributed by atoms with E-state index < -0.39 is 5.54 Å². The largest absolute Gasteiger partial charge is 0.497 e. The number of methoxy groups -OCH3 is 1. The number of ether oxygens (including phenoxy) is 1. The molecule has 0 unspecified atom stereocenters. The molecule has 0 spiro atoms. The van der Waals surface area contributed by atoms with Crippen molar-refractivity contribution in [1.82, 2.24) is 15.1 Å². The molecule has 0 radical (unpaired) electrons. The van der Waals surface area contributed by atoms with Crippen LogP contribution >= 0.6 is 34.9 Å². The van der Waals surface area contributed by atoms with E-state index in [4.69, 9.17) is 10.00 Å². The number of hydrogen-bond donors (Lipinski definition) is 0. The number of amides is 1. The summed E-state index contributed by atoms with van der Waals surface area (Å²) in [6.45, 7) is 3.43. The van der Waals surface area contributed by atoms with E-state index in [-0.39, 0.29) is 11.7 Å². The molecule has 0 N–H and O–H groups in total. The van der Waals surface area contributed by atoms with Gasteiger partial charge in [0, 0.05) is 12.8 Å². The van der Waals surface area contributed by atoms with Gasteiger partial charge in [-0.05, 0) is 31.5 Å². The first-order chi connectivity index (χ1) is 12.4. The lowest BCUT2D eigenvalue weighted by atomic mass is 10.1. The number of carbonyl (C=O) groups excluding carboxylic acids is 1. The summed E-state index contributed by atoms with van der Waals surface area (Å²) in [7, 11) is 3.29. The Morgan fingerprint density at radius 3 is 2.46 bits per heavy atom. The smallest absolute Gasteiger partial charge is 0.234 e. The number of hydrogen-bond acceptors (Lipinski definition) is 8. The molecule has 6 nitrogen and oxygen atoms in total. The Balaban J connectivity index is 1.83. The highest BCUT2D eigenvalue weighted by Crippen LogP contribution is 2.31. The summed E-state index contributed by atoms with van der Waals surface area (Å²) in [5, 5.41) is 17.4. The summed E-state index contributed by atoms with van der Waals surface area (Å²) in [4.78, 5) is 13.6. The van der Waals surface area contributed by atoms with Gasteiger partial charge in [-0.2, -0.15) is 5.26 Å². The second-order valence-electron chi connectivity index (χ2n) is 5.88. The molecule has 0 atom stereocenters. The maximum Gasteiger partial charge on any atom is 0.234 e. The van der Waals surface area contributed by atoms with Crippen molar-refractivity contribution >= 4 is 40.8 Å². The number of nitriles is 1. The number of benzene rings is 1. The fourth-order valence-electron chi connectivity index (χ4n) is 1.79. The Labute approximate surface area is 165 Å². The van der Waals surface area contributed by atoms with Crippen LogP contribution in [0, 0.1) is 11.3 Å². The third-order valence-electron chi connectivity index (χ3n) is 3.71. The molecule has 26 heavy (non-hydrogen) atoms. The number of aromatic nitrogens is 2. The van der Waals surface area contributed by atoms with Crippen molar-refractivity contribution in [3.05, 3.63) is 29.8 Å². The van der Waals surface area contributed by atoms with Gasteiger partial charge in [0.2, 0.25) is 5.91 Å². The molecule has 138 valence electrons. The molecule has 0 saturated heterocycles. The Bertz CT molecular complexity index is 784. The zero-order valence-corrected chi connectivity index (χ0v) is 17.5. The first kappa shape index (κ1) is 20.6. The number of rotatable bonds is 8. The van der Waals surface area contributed by atoms with Crippen LogP contribution in [0.1, 0.15) is 19.4 Å². The quantitative estimate of drug-likeness (QED) is 0.616. The SMILES string of the molecule is COc1ccc(CSc2nnc(SCC(=O)N(C)C(C)(C)C#N)s2)cc1. The van der Waals surface area contributed by atoms with Crippen molar-refractivity contribution in [2.75, 3.05) is 19.9 Å². The first-order valence-electron chi connectivity index (χ1n) is 7.75. The molecule has 0 saturated carbocycles. The number of thioether (sulfide) groups is 2. The summed E-state index contributed by atoms with van der Waals surface area (Å²) in [6, 6.07) is 10.0. The van der Waals surface area contributed by atoms with Crippen LogP contribution in [0.3, 0.4) is 0 Å². The Kier molecular flexibility index (Phi) is 7.32. The van der Waals surface area contributed by atoms with Crippen LogP contribution in [0.2, 0.25) is 0 Å². The Hall–Kier alpha value is -1.76. The molecule has 1 heterocycles. The Morgan fingerprint density at radius 1 is 1.27 bits per heavy atom. The van der Waals surface area contributed by atoms with Gasteiger partial charge in [-0.25, -0.2) is 0 Å². The maximum atomic E-state index is 12.2. The van der Waals surface area contributed by atoms with Gasteiger partial charge in [0.25, 0.3) is 0 Å². The molecule has 1 aromatic carbocycles. The van der Waals surface area contributed by atoms with Gasteiger partial charge < -0.3 is 9.64 Å². The zero-order valence-electron chi connectivity index (χ0n) is 15.1. The van der Waals surface area contributed by atoms with Gasteiger partial charge in [0.15, 0.2) is 8.68 Å². The minimum absolute atomic E-state index is 0.107. The van der Waals surface area contributed by atoms with E-state index in [1.807, 2.05) is 24.3 Å². The molecular weight excluding hydrogens is 388 g/mol. The van der Waals surface area contributed by atoms with Crippen molar-refractivity contribution in [2.24, 2.45) is 0 Å². The topological polar surface area (TPSA) is 79.1 Å². The lowest BCUT2D eigenvalue weighted by molar-refractivity contribution is -0.130. The molecule has 1 aromatic heterocycles. The van der Waals surface area contributed by atoms with Crippen molar-refractivity contribution in [3.8, 4) is 11.8 Å². The second-order valence-corrected chi connectivity index (χ2v) is 9.31. The summed E-state index contributed by atoms with van der Waals surface area (Å²) < 4.78 is 6.76. The molecule has 0 fully saturated rings. The van der Waals surface area contributed by atoms with Gasteiger partial charge in [-0.15, -0.1) is 10.2 Å². The number of carbonyl (C=O) groups is 1. The minimum atomic E-state index is -0.821. The van der Waals surface area contributed by atoms with Gasteiger partial charge >= 0.3 is 0 Å². The van der Waals surface area contributed by atoms with E-state index in [0.29, 0.717) is 0 Å². The average Bonchev–Trinajstić information content (AvgIpc) is 3.12. The molecule has 2 rings (SSSR count). The van der Waals surface area contributed by atoms with Crippen molar-refractivity contribution < 1.29 is 9.53 Å². The van der Waals surface area contributed by atoms with Crippen LogP contribution in [-0.2, 0) is 10.5 Å². The fourth-order valence-corrected chi connectivity index (χ4v) is 4.68. The molecule has 0 aliphatic rings. The van der Waals surface area contributed by atoms with Gasteiger partial charge in [0.05, 0.1) is 18.9 Å². The highest BCUT2D eigenvalue weighted by Gasteiger charge is 2.27. The molecule has 2 aromatic rings. The van der Waals surface area contributed by atoms with Crippen molar-refractivity contribution in [3.63, 3.8) is 0 Å². The third-order valence-corrected chi connectivity index (χ3v) is 6.96. The van der Waals surface area contributed by atoms with E-state index >= 15 is 0 Å². The predicted octanol–water partition coefficient (Wildman–Crippen LogP) is 3.69. The highest BCUT2D eigenvalue weighted by atomic mass is 32.2. The van der Waals surface area contributed by atoms with Crippen molar-refractivity contribution in [2.45, 2.75) is 33.8 Å². The van der Waals surface area contributed by atoms with Crippen LogP contribution in [0.25, 0.3) is 0 Å². The summed E-state index contributed by atoms with van der Waals surface area (Å²) in [6.07, 6.45) is 0. The first-order valence-corrected chi connectivity index (χ1v) is 10.5. The Morgan fingerprint density at radius 2 is 1.88 bits per heavy atom. The van der Waals surface area contributed by atoms with E-state index in [1.165, 1.54) is 33.6 Å². The van der Waals surface area contributed by atoms with Gasteiger partial charge in [-0.1, -0.05) is 47.0 Å². The summed E-state index contributed by atoms with van der Waals surface area (Å²) in [5.41, 5.74) is 0.355. The standard InChI is InChI=1S/C17H20N4O2S3/c1-17(2,11-18)21(3)14(22)10-25-16-20-19-15(26-16)24-9-12-5-7-13(23-4)8-6-12/h5-8H,9-10H2,1-4H3. The summed E-state index contributed by atoms with van der Waals surface area (Å²) >= 11 is 4.42. The third kappa shape index (κ3) is 5.62. The fraction of sp³-hybridized carbons (Fsp3) is 0.412. The van der Waals surface area contributed by atoms with Crippen LogP contribution in [0.5, 0.6) is 5.75 Å². The molecule has 0 aliphatic heterocycles. The average molecular weight is 409 g/mol. The lowest BCUT2D eigenvalue weighted by Gasteiger charge is -2.28. The lowest BCUT2D eigenvalue weighted by Crippen LogP contribution is -2.44. The highest BCUT2D eigenvalue weighted by molar-refractivity contribution is 8.03. The maximum absolute atomic E-state index is 12.2. The van der Waals surface area contributed by atoms with Gasteiger partial charge in [-0.3, -0.25) is 4.79 Å².